The molecule has 0 spiro atoms. The van der Waals surface area contributed by atoms with Crippen LogP contribution in [0, 0.1) is 0 Å². The fraction of sp³-hybridized carbons (Fsp3) is 0.400. The first-order valence-electron chi connectivity index (χ1n) is 4.98. The van der Waals surface area contributed by atoms with Crippen molar-refractivity contribution in [3.63, 3.8) is 0 Å². The van der Waals surface area contributed by atoms with Gasteiger partial charge in [0.1, 0.15) is 0 Å². The molecule has 0 radical (unpaired) electrons. The van der Waals surface area contributed by atoms with Crippen molar-refractivity contribution in [3.8, 4) is 10.8 Å². The minimum Gasteiger partial charge on any atom is -0.391 e. The van der Waals surface area contributed by atoms with E-state index in [9.17, 15) is 0 Å². The number of nitrogen functional groups attached to an aromatic ring is 1. The largest absolute Gasteiger partial charge is 0.391 e. The van der Waals surface area contributed by atoms with Gasteiger partial charge in [0.15, 0.2) is 5.82 Å². The molecule has 0 unspecified atom stereocenters. The normalized spacial score (nSPS) is 11.2. The first-order valence-corrected chi connectivity index (χ1v) is 5.80. The van der Waals surface area contributed by atoms with E-state index in [0.717, 1.165) is 28.7 Å². The van der Waals surface area contributed by atoms with Crippen molar-refractivity contribution in [1.29, 1.82) is 0 Å². The zero-order valence-electron chi connectivity index (χ0n) is 9.30. The molecule has 6 heteroatoms. The maximum atomic E-state index is 5.64. The van der Waals surface area contributed by atoms with Crippen LogP contribution in [0.5, 0.6) is 0 Å². The minimum atomic E-state index is 0.551. The van der Waals surface area contributed by atoms with Crippen LogP contribution in [0.2, 0.25) is 0 Å². The van der Waals surface area contributed by atoms with E-state index in [-0.39, 0.29) is 0 Å². The van der Waals surface area contributed by atoms with Gasteiger partial charge in [-0.25, -0.2) is 0 Å². The van der Waals surface area contributed by atoms with Gasteiger partial charge in [0.25, 0.3) is 5.89 Å². The molecule has 2 aromatic heterocycles. The lowest BCUT2D eigenvalue weighted by Gasteiger charge is -2.05. The summed E-state index contributed by atoms with van der Waals surface area (Å²) in [6, 6.07) is 3.73. The molecule has 2 aromatic rings. The number of rotatable bonds is 4. The quantitative estimate of drug-likeness (QED) is 0.874. The van der Waals surface area contributed by atoms with E-state index in [4.69, 9.17) is 10.3 Å². The maximum absolute atomic E-state index is 5.64. The smallest absolute Gasteiger partial charge is 0.268 e. The Morgan fingerprint density at radius 1 is 1.44 bits per heavy atom. The maximum Gasteiger partial charge on any atom is 0.268 e. The Morgan fingerprint density at radius 2 is 2.25 bits per heavy atom. The summed E-state index contributed by atoms with van der Waals surface area (Å²) < 4.78 is 5.17. The number of nitrogens with two attached hydrogens (primary N) is 1. The van der Waals surface area contributed by atoms with Gasteiger partial charge < -0.3 is 15.2 Å². The molecule has 0 bridgehead atoms. The molecule has 0 saturated carbocycles. The minimum absolute atomic E-state index is 0.551. The molecule has 0 atom stereocenters. The highest BCUT2D eigenvalue weighted by Crippen LogP contribution is 2.27. The van der Waals surface area contributed by atoms with Crippen molar-refractivity contribution in [2.45, 2.75) is 6.42 Å². The molecule has 16 heavy (non-hydrogen) atoms. The number of hydrogen-bond donors (Lipinski definition) is 1. The molecular formula is C10H14N4OS. The van der Waals surface area contributed by atoms with E-state index < -0.39 is 0 Å². The van der Waals surface area contributed by atoms with E-state index in [1.165, 1.54) is 11.3 Å². The number of nitrogens with zero attached hydrogens (tertiary/aromatic N) is 3. The molecule has 0 fully saturated rings. The summed E-state index contributed by atoms with van der Waals surface area (Å²) in [6.07, 6.45) is 0.789. The van der Waals surface area contributed by atoms with E-state index in [1.54, 1.807) is 0 Å². The highest BCUT2D eigenvalue weighted by Gasteiger charge is 2.10. The van der Waals surface area contributed by atoms with Crippen molar-refractivity contribution in [2.75, 3.05) is 26.4 Å². The van der Waals surface area contributed by atoms with Gasteiger partial charge in [-0.2, -0.15) is 4.98 Å². The van der Waals surface area contributed by atoms with Crippen LogP contribution in [0.1, 0.15) is 5.82 Å². The number of anilines is 1. The van der Waals surface area contributed by atoms with Crippen molar-refractivity contribution in [2.24, 2.45) is 0 Å². The van der Waals surface area contributed by atoms with Gasteiger partial charge in [-0.15, -0.1) is 11.3 Å². The summed E-state index contributed by atoms with van der Waals surface area (Å²) >= 11 is 1.45. The summed E-state index contributed by atoms with van der Waals surface area (Å²) in [5.74, 6) is 1.28. The molecule has 2 rings (SSSR count). The standard InChI is InChI=1S/C10H14N4OS/c1-14(2)6-5-9-12-10(15-13-9)7-3-4-8(11)16-7/h3-4H,5-6,11H2,1-2H3. The van der Waals surface area contributed by atoms with Gasteiger partial charge in [-0.3, -0.25) is 0 Å². The number of hydrogen-bond acceptors (Lipinski definition) is 6. The monoisotopic (exact) mass is 238 g/mol. The molecule has 2 N–H and O–H groups in total. The van der Waals surface area contributed by atoms with Crippen molar-refractivity contribution < 1.29 is 4.52 Å². The zero-order chi connectivity index (χ0) is 11.5. The highest BCUT2D eigenvalue weighted by atomic mass is 32.1. The summed E-state index contributed by atoms with van der Waals surface area (Å²) in [7, 11) is 4.03. The van der Waals surface area contributed by atoms with Crippen LogP contribution in [-0.4, -0.2) is 35.7 Å². The predicted molar refractivity (Wildman–Crippen MR) is 64.3 cm³/mol. The van der Waals surface area contributed by atoms with Crippen LogP contribution >= 0.6 is 11.3 Å². The Labute approximate surface area is 97.9 Å². The van der Waals surface area contributed by atoms with Crippen LogP contribution in [0.15, 0.2) is 16.7 Å². The molecule has 0 aliphatic heterocycles. The van der Waals surface area contributed by atoms with Gasteiger partial charge in [0, 0.05) is 13.0 Å². The molecule has 5 nitrogen and oxygen atoms in total. The Bertz CT molecular complexity index is 463. The SMILES string of the molecule is CN(C)CCc1noc(-c2ccc(N)s2)n1. The first-order chi connectivity index (χ1) is 7.65. The van der Waals surface area contributed by atoms with Crippen molar-refractivity contribution >= 4 is 16.3 Å². The third kappa shape index (κ3) is 2.59. The van der Waals surface area contributed by atoms with Gasteiger partial charge in [-0.05, 0) is 26.2 Å². The molecule has 0 aliphatic rings. The second-order valence-electron chi connectivity index (χ2n) is 3.77. The lowest BCUT2D eigenvalue weighted by atomic mass is 10.4. The van der Waals surface area contributed by atoms with Gasteiger partial charge in [-0.1, -0.05) is 5.16 Å². The number of thiophene rings is 1. The Kier molecular flexibility index (Phi) is 3.21. The summed E-state index contributed by atoms with van der Waals surface area (Å²) in [4.78, 5) is 7.32. The van der Waals surface area contributed by atoms with Gasteiger partial charge >= 0.3 is 0 Å². The number of aromatic nitrogens is 2. The molecule has 2 heterocycles. The lowest BCUT2D eigenvalue weighted by Crippen LogP contribution is -2.15. The van der Waals surface area contributed by atoms with E-state index in [1.807, 2.05) is 26.2 Å². The molecule has 0 aromatic carbocycles. The van der Waals surface area contributed by atoms with Crippen LogP contribution in [0.25, 0.3) is 10.8 Å². The third-order valence-corrected chi connectivity index (χ3v) is 2.99. The van der Waals surface area contributed by atoms with Crippen LogP contribution in [-0.2, 0) is 6.42 Å². The average molecular weight is 238 g/mol. The van der Waals surface area contributed by atoms with Crippen LogP contribution in [0.3, 0.4) is 0 Å². The molecular weight excluding hydrogens is 224 g/mol. The predicted octanol–water partition coefficient (Wildman–Crippen LogP) is 1.48. The molecule has 0 aliphatic carbocycles. The highest BCUT2D eigenvalue weighted by molar-refractivity contribution is 7.19. The Hall–Kier alpha value is -1.40. The van der Waals surface area contributed by atoms with Crippen LogP contribution < -0.4 is 5.73 Å². The second-order valence-corrected chi connectivity index (χ2v) is 4.89. The zero-order valence-corrected chi connectivity index (χ0v) is 10.1. The fourth-order valence-corrected chi connectivity index (χ4v) is 1.94. The van der Waals surface area contributed by atoms with E-state index in [2.05, 4.69) is 15.0 Å². The Balaban J connectivity index is 2.07. The third-order valence-electron chi connectivity index (χ3n) is 2.09. The molecule has 86 valence electrons. The fourth-order valence-electron chi connectivity index (χ4n) is 1.25. The molecule has 0 saturated heterocycles. The summed E-state index contributed by atoms with van der Waals surface area (Å²) in [6.45, 7) is 0.908. The molecule has 0 amide bonds. The van der Waals surface area contributed by atoms with Gasteiger partial charge in [0.2, 0.25) is 0 Å². The van der Waals surface area contributed by atoms with Crippen molar-refractivity contribution in [3.05, 3.63) is 18.0 Å². The second kappa shape index (κ2) is 4.63. The average Bonchev–Trinajstić information content (AvgIpc) is 2.83. The Morgan fingerprint density at radius 3 is 2.88 bits per heavy atom. The van der Waals surface area contributed by atoms with E-state index in [0.29, 0.717) is 5.89 Å². The lowest BCUT2D eigenvalue weighted by molar-refractivity contribution is 0.392. The van der Waals surface area contributed by atoms with Crippen molar-refractivity contribution in [1.82, 2.24) is 15.0 Å². The van der Waals surface area contributed by atoms with Gasteiger partial charge in [0.05, 0.1) is 9.88 Å². The van der Waals surface area contributed by atoms with E-state index >= 15 is 0 Å². The summed E-state index contributed by atoms with van der Waals surface area (Å²) in [5.41, 5.74) is 5.64. The van der Waals surface area contributed by atoms with Crippen LogP contribution in [0.4, 0.5) is 5.00 Å². The summed E-state index contributed by atoms with van der Waals surface area (Å²) in [5, 5.41) is 4.68. The topological polar surface area (TPSA) is 68.2 Å². The first kappa shape index (κ1) is 11.1. The number of likely N-dealkylation sites (N-methyl/N-ethyl adjacent to an activating group) is 1.